The Morgan fingerprint density at radius 3 is 2.09 bits per heavy atom. The summed E-state index contributed by atoms with van der Waals surface area (Å²) in [4.78, 5) is 28.4. The van der Waals surface area contributed by atoms with Crippen molar-refractivity contribution in [1.82, 2.24) is 10.2 Å². The zero-order chi connectivity index (χ0) is 24.3. The normalized spacial score (nSPS) is 11.8. The van der Waals surface area contributed by atoms with Crippen molar-refractivity contribution in [3.8, 4) is 0 Å². The molecule has 1 atom stereocenters. The van der Waals surface area contributed by atoms with Gasteiger partial charge in [0.15, 0.2) is 0 Å². The van der Waals surface area contributed by atoms with Crippen LogP contribution in [0, 0.1) is 0 Å². The lowest BCUT2D eigenvalue weighted by Crippen LogP contribution is -2.48. The van der Waals surface area contributed by atoms with Crippen molar-refractivity contribution in [3.05, 3.63) is 107 Å². The second-order valence-corrected chi connectivity index (χ2v) is 8.99. The van der Waals surface area contributed by atoms with Gasteiger partial charge < -0.3 is 10.2 Å². The van der Waals surface area contributed by atoms with E-state index in [9.17, 15) is 9.59 Å². The molecule has 3 rings (SSSR count). The molecule has 178 valence electrons. The lowest BCUT2D eigenvalue weighted by molar-refractivity contribution is -0.140. The largest absolute Gasteiger partial charge is 0.354 e. The molecule has 0 spiro atoms. The minimum Gasteiger partial charge on any atom is -0.354 e. The highest BCUT2D eigenvalue weighted by Crippen LogP contribution is 2.29. The van der Waals surface area contributed by atoms with Gasteiger partial charge in [-0.2, -0.15) is 0 Å². The molecule has 0 aromatic heterocycles. The third-order valence-electron chi connectivity index (χ3n) is 6.02. The molecule has 0 saturated heterocycles. The Kier molecular flexibility index (Phi) is 9.72. The summed E-state index contributed by atoms with van der Waals surface area (Å²) >= 11 is 6.20. The van der Waals surface area contributed by atoms with Gasteiger partial charge in [-0.25, -0.2) is 0 Å². The zero-order valence-electron chi connectivity index (χ0n) is 19.9. The molecule has 0 aliphatic rings. The van der Waals surface area contributed by atoms with E-state index in [1.807, 2.05) is 78.9 Å². The first kappa shape index (κ1) is 25.5. The fraction of sp³-hybridized carbons (Fsp3) is 0.310. The van der Waals surface area contributed by atoms with Crippen LogP contribution >= 0.6 is 11.6 Å². The minimum atomic E-state index is -0.601. The summed E-state index contributed by atoms with van der Waals surface area (Å²) in [5.74, 6) is -0.317. The Hall–Kier alpha value is -3.11. The highest BCUT2D eigenvalue weighted by Gasteiger charge is 2.29. The summed E-state index contributed by atoms with van der Waals surface area (Å²) in [5.41, 5.74) is 3.04. The molecular formula is C29H33ClN2O2. The summed E-state index contributed by atoms with van der Waals surface area (Å²) in [7, 11) is 0. The number of hydrogen-bond donors (Lipinski definition) is 1. The first-order chi connectivity index (χ1) is 16.5. The van der Waals surface area contributed by atoms with Crippen LogP contribution in [0.25, 0.3) is 0 Å². The molecule has 0 aliphatic heterocycles. The van der Waals surface area contributed by atoms with Gasteiger partial charge in [-0.3, -0.25) is 9.59 Å². The van der Waals surface area contributed by atoms with E-state index in [1.54, 1.807) is 17.9 Å². The molecule has 0 heterocycles. The Labute approximate surface area is 207 Å². The number of carbonyl (C=O) groups excluding carboxylic acids is 2. The lowest BCUT2D eigenvalue weighted by atomic mass is 9.88. The van der Waals surface area contributed by atoms with Crippen molar-refractivity contribution in [2.24, 2.45) is 0 Å². The van der Waals surface area contributed by atoms with Crippen LogP contribution in [0.1, 0.15) is 55.7 Å². The van der Waals surface area contributed by atoms with Crippen molar-refractivity contribution < 1.29 is 9.59 Å². The third-order valence-corrected chi connectivity index (χ3v) is 6.26. The second-order valence-electron chi connectivity index (χ2n) is 8.55. The number of nitrogens with one attached hydrogen (secondary N) is 1. The fourth-order valence-electron chi connectivity index (χ4n) is 4.04. The van der Waals surface area contributed by atoms with Crippen LogP contribution in [0.5, 0.6) is 0 Å². The van der Waals surface area contributed by atoms with E-state index in [2.05, 4.69) is 12.2 Å². The van der Waals surface area contributed by atoms with E-state index in [0.717, 1.165) is 29.5 Å². The van der Waals surface area contributed by atoms with E-state index in [1.165, 1.54) is 0 Å². The summed E-state index contributed by atoms with van der Waals surface area (Å²) < 4.78 is 0. The first-order valence-corrected chi connectivity index (χ1v) is 12.3. The van der Waals surface area contributed by atoms with E-state index in [-0.39, 0.29) is 24.2 Å². The van der Waals surface area contributed by atoms with E-state index in [0.29, 0.717) is 18.1 Å². The van der Waals surface area contributed by atoms with Crippen LogP contribution in [0.2, 0.25) is 5.02 Å². The Morgan fingerprint density at radius 1 is 0.912 bits per heavy atom. The minimum absolute atomic E-state index is 0.0733. The van der Waals surface area contributed by atoms with Gasteiger partial charge in [0.05, 0.1) is 0 Å². The molecule has 4 nitrogen and oxygen atoms in total. The molecule has 2 amide bonds. The molecule has 3 aromatic carbocycles. The number of carbonyl (C=O) groups is 2. The van der Waals surface area contributed by atoms with Gasteiger partial charge in [0.2, 0.25) is 11.8 Å². The predicted octanol–water partition coefficient (Wildman–Crippen LogP) is 6.20. The van der Waals surface area contributed by atoms with Crippen LogP contribution in [-0.4, -0.2) is 29.3 Å². The topological polar surface area (TPSA) is 49.4 Å². The smallest absolute Gasteiger partial charge is 0.242 e. The van der Waals surface area contributed by atoms with Crippen LogP contribution in [0.3, 0.4) is 0 Å². The Balaban J connectivity index is 1.88. The molecule has 3 aromatic rings. The van der Waals surface area contributed by atoms with Crippen molar-refractivity contribution in [2.75, 3.05) is 6.54 Å². The maximum absolute atomic E-state index is 13.8. The quantitative estimate of drug-likeness (QED) is 0.335. The molecule has 34 heavy (non-hydrogen) atoms. The highest BCUT2D eigenvalue weighted by molar-refractivity contribution is 6.30. The Bertz CT molecular complexity index is 1020. The molecule has 0 bridgehead atoms. The zero-order valence-corrected chi connectivity index (χ0v) is 20.7. The van der Waals surface area contributed by atoms with Crippen LogP contribution in [-0.2, 0) is 16.1 Å². The van der Waals surface area contributed by atoms with Gasteiger partial charge in [0, 0.05) is 30.5 Å². The van der Waals surface area contributed by atoms with Crippen molar-refractivity contribution in [2.45, 2.75) is 51.6 Å². The summed E-state index contributed by atoms with van der Waals surface area (Å²) in [5, 5.41) is 3.58. The Morgan fingerprint density at radius 2 is 1.53 bits per heavy atom. The number of hydrogen-bond acceptors (Lipinski definition) is 2. The van der Waals surface area contributed by atoms with Gasteiger partial charge in [-0.05, 0) is 42.2 Å². The standard InChI is InChI=1S/C29H33ClN2O2/c1-3-4-18-31-29(34)22(2)32(21-23-12-11-17-26(30)19-23)28(33)20-27(24-13-7-5-8-14-24)25-15-9-6-10-16-25/h5-17,19,22,27H,3-4,18,20-21H2,1-2H3,(H,31,34)/t22-/m1/s1. The monoisotopic (exact) mass is 476 g/mol. The van der Waals surface area contributed by atoms with Gasteiger partial charge in [0.1, 0.15) is 6.04 Å². The van der Waals surface area contributed by atoms with Crippen LogP contribution in [0.15, 0.2) is 84.9 Å². The molecule has 1 N–H and O–H groups in total. The molecule has 0 aliphatic carbocycles. The van der Waals surface area contributed by atoms with Crippen LogP contribution in [0.4, 0.5) is 0 Å². The van der Waals surface area contributed by atoms with E-state index < -0.39 is 6.04 Å². The number of halogens is 1. The molecular weight excluding hydrogens is 444 g/mol. The molecule has 0 saturated carbocycles. The SMILES string of the molecule is CCCCNC(=O)[C@@H](C)N(Cc1cccc(Cl)c1)C(=O)CC(c1ccccc1)c1ccccc1. The molecule has 5 heteroatoms. The second kappa shape index (κ2) is 13.0. The van der Waals surface area contributed by atoms with Gasteiger partial charge >= 0.3 is 0 Å². The summed E-state index contributed by atoms with van der Waals surface area (Å²) in [6, 6.07) is 26.9. The summed E-state index contributed by atoms with van der Waals surface area (Å²) in [6.07, 6.45) is 2.17. The van der Waals surface area contributed by atoms with Crippen molar-refractivity contribution in [3.63, 3.8) is 0 Å². The first-order valence-electron chi connectivity index (χ1n) is 11.9. The maximum atomic E-state index is 13.8. The number of amides is 2. The van der Waals surface area contributed by atoms with Crippen LogP contribution < -0.4 is 5.32 Å². The van der Waals surface area contributed by atoms with E-state index >= 15 is 0 Å². The molecule has 0 unspecified atom stereocenters. The number of nitrogens with zero attached hydrogens (tertiary/aromatic N) is 1. The predicted molar refractivity (Wildman–Crippen MR) is 139 cm³/mol. The highest BCUT2D eigenvalue weighted by atomic mass is 35.5. The van der Waals surface area contributed by atoms with E-state index in [4.69, 9.17) is 11.6 Å². The summed E-state index contributed by atoms with van der Waals surface area (Å²) in [6.45, 7) is 4.80. The molecule has 0 fully saturated rings. The average molecular weight is 477 g/mol. The van der Waals surface area contributed by atoms with Gasteiger partial charge in [-0.15, -0.1) is 0 Å². The number of benzene rings is 3. The van der Waals surface area contributed by atoms with Gasteiger partial charge in [0.25, 0.3) is 0 Å². The maximum Gasteiger partial charge on any atom is 0.242 e. The number of unbranched alkanes of at least 4 members (excludes halogenated alkanes) is 1. The van der Waals surface area contributed by atoms with Gasteiger partial charge in [-0.1, -0.05) is 97.7 Å². The fourth-order valence-corrected chi connectivity index (χ4v) is 4.25. The van der Waals surface area contributed by atoms with Crippen molar-refractivity contribution >= 4 is 23.4 Å². The average Bonchev–Trinajstić information content (AvgIpc) is 2.86. The number of rotatable bonds is 11. The van der Waals surface area contributed by atoms with Crippen molar-refractivity contribution in [1.29, 1.82) is 0 Å². The lowest BCUT2D eigenvalue weighted by Gasteiger charge is -2.30. The molecule has 0 radical (unpaired) electrons. The third kappa shape index (κ3) is 7.19.